The van der Waals surface area contributed by atoms with Crippen molar-refractivity contribution in [2.24, 2.45) is 0 Å². The first-order chi connectivity index (χ1) is 20.1. The standard InChI is InChI=1S/C32H29N3O5S/c1-21(18-38-19-22-8-5-4-6-9-22)12-23-10-7-11-24(13-23)20-39-28-14-25(36-2)15-29-26(28)16-30(40-29)27-17-35-31(33-27)41-32(34-35)37-3/h4-11,13-17H,1,12,18-20H2,2-3H3. The smallest absolute Gasteiger partial charge is 0.294 e. The molecule has 0 saturated heterocycles. The van der Waals surface area contributed by atoms with E-state index in [4.69, 9.17) is 23.4 Å². The molecule has 0 amide bonds. The molecule has 0 unspecified atom stereocenters. The molecule has 9 heteroatoms. The lowest BCUT2D eigenvalue weighted by atomic mass is 10.0. The first kappa shape index (κ1) is 26.6. The molecule has 6 aromatic rings. The molecule has 3 heterocycles. The topological polar surface area (TPSA) is 80.2 Å². The van der Waals surface area contributed by atoms with Gasteiger partial charge in [-0.15, -0.1) is 5.10 Å². The Kier molecular flexibility index (Phi) is 7.71. The molecule has 0 aliphatic heterocycles. The Labute approximate surface area is 241 Å². The van der Waals surface area contributed by atoms with Crippen molar-refractivity contribution in [2.75, 3.05) is 20.8 Å². The van der Waals surface area contributed by atoms with Crippen LogP contribution in [0.2, 0.25) is 0 Å². The molecule has 0 N–H and O–H groups in total. The summed E-state index contributed by atoms with van der Waals surface area (Å²) >= 11 is 1.36. The van der Waals surface area contributed by atoms with Gasteiger partial charge in [-0.3, -0.25) is 0 Å². The summed E-state index contributed by atoms with van der Waals surface area (Å²) in [5.41, 5.74) is 5.70. The van der Waals surface area contributed by atoms with Gasteiger partial charge in [0.2, 0.25) is 4.96 Å². The molecule has 0 aliphatic rings. The summed E-state index contributed by atoms with van der Waals surface area (Å²) < 4.78 is 30.7. The van der Waals surface area contributed by atoms with E-state index in [-0.39, 0.29) is 0 Å². The number of benzene rings is 3. The summed E-state index contributed by atoms with van der Waals surface area (Å²) in [7, 11) is 3.21. The Morgan fingerprint density at radius 1 is 0.927 bits per heavy atom. The van der Waals surface area contributed by atoms with Crippen molar-refractivity contribution >= 4 is 27.3 Å². The van der Waals surface area contributed by atoms with E-state index in [9.17, 15) is 0 Å². The predicted molar refractivity (Wildman–Crippen MR) is 159 cm³/mol. The zero-order valence-corrected chi connectivity index (χ0v) is 23.6. The first-order valence-electron chi connectivity index (χ1n) is 13.1. The van der Waals surface area contributed by atoms with Gasteiger partial charge >= 0.3 is 0 Å². The van der Waals surface area contributed by atoms with Crippen LogP contribution in [0.5, 0.6) is 16.7 Å². The molecular weight excluding hydrogens is 538 g/mol. The normalized spacial score (nSPS) is 11.3. The highest BCUT2D eigenvalue weighted by molar-refractivity contribution is 7.18. The van der Waals surface area contributed by atoms with Crippen LogP contribution in [0.1, 0.15) is 16.7 Å². The van der Waals surface area contributed by atoms with Crippen LogP contribution in [0.4, 0.5) is 0 Å². The lowest BCUT2D eigenvalue weighted by Crippen LogP contribution is -2.02. The number of fused-ring (bicyclic) bond motifs is 2. The van der Waals surface area contributed by atoms with E-state index < -0.39 is 0 Å². The number of hydrogen-bond acceptors (Lipinski definition) is 8. The summed E-state index contributed by atoms with van der Waals surface area (Å²) in [6.45, 7) is 5.68. The van der Waals surface area contributed by atoms with Crippen LogP contribution >= 0.6 is 11.3 Å². The zero-order chi connectivity index (χ0) is 28.2. The minimum atomic E-state index is 0.386. The van der Waals surface area contributed by atoms with Crippen LogP contribution in [-0.2, 0) is 24.4 Å². The number of hydrogen-bond donors (Lipinski definition) is 0. The highest BCUT2D eigenvalue weighted by Gasteiger charge is 2.17. The second kappa shape index (κ2) is 11.9. The van der Waals surface area contributed by atoms with Crippen LogP contribution in [0.25, 0.3) is 27.4 Å². The molecule has 0 atom stereocenters. The number of methoxy groups -OCH3 is 2. The summed E-state index contributed by atoms with van der Waals surface area (Å²) in [5, 5.41) is 5.73. The minimum Gasteiger partial charge on any atom is -0.496 e. The predicted octanol–water partition coefficient (Wildman–Crippen LogP) is 7.12. The van der Waals surface area contributed by atoms with E-state index >= 15 is 0 Å². The molecule has 8 nitrogen and oxygen atoms in total. The van der Waals surface area contributed by atoms with E-state index in [1.54, 1.807) is 18.7 Å². The SMILES string of the molecule is C=C(COCc1ccccc1)Cc1cccc(COc2cc(OC)cc3oc(-c4cn5nc(OC)sc5n4)cc23)c1. The highest BCUT2D eigenvalue weighted by Crippen LogP contribution is 2.37. The monoisotopic (exact) mass is 567 g/mol. The fraction of sp³-hybridized carbons (Fsp3) is 0.188. The molecule has 3 aromatic carbocycles. The number of imidazole rings is 1. The summed E-state index contributed by atoms with van der Waals surface area (Å²) in [6, 6.07) is 24.1. The van der Waals surface area contributed by atoms with Crippen molar-refractivity contribution in [1.82, 2.24) is 14.6 Å². The van der Waals surface area contributed by atoms with Crippen molar-refractivity contribution in [3.05, 3.63) is 108 Å². The fourth-order valence-corrected chi connectivity index (χ4v) is 5.25. The maximum Gasteiger partial charge on any atom is 0.294 e. The van der Waals surface area contributed by atoms with Gasteiger partial charge in [0.1, 0.15) is 29.4 Å². The van der Waals surface area contributed by atoms with Crippen molar-refractivity contribution in [2.45, 2.75) is 19.6 Å². The quantitative estimate of drug-likeness (QED) is 0.146. The average Bonchev–Trinajstić information content (AvgIpc) is 3.70. The van der Waals surface area contributed by atoms with E-state index in [2.05, 4.69) is 47.0 Å². The summed E-state index contributed by atoms with van der Waals surface area (Å²) in [6.07, 6.45) is 2.55. The van der Waals surface area contributed by atoms with Gasteiger partial charge in [0.15, 0.2) is 5.76 Å². The van der Waals surface area contributed by atoms with Crippen LogP contribution in [-0.4, -0.2) is 35.4 Å². The van der Waals surface area contributed by atoms with Crippen molar-refractivity contribution in [3.63, 3.8) is 0 Å². The van der Waals surface area contributed by atoms with Gasteiger partial charge < -0.3 is 23.4 Å². The van der Waals surface area contributed by atoms with E-state index in [0.29, 0.717) is 53.6 Å². The first-order valence-corrected chi connectivity index (χ1v) is 13.9. The summed E-state index contributed by atoms with van der Waals surface area (Å²) in [5.74, 6) is 1.93. The lowest BCUT2D eigenvalue weighted by molar-refractivity contribution is 0.141. The lowest BCUT2D eigenvalue weighted by Gasteiger charge is -2.11. The van der Waals surface area contributed by atoms with Gasteiger partial charge in [0.05, 0.1) is 39.0 Å². The number of rotatable bonds is 12. The van der Waals surface area contributed by atoms with Crippen molar-refractivity contribution in [3.8, 4) is 28.1 Å². The van der Waals surface area contributed by atoms with Crippen LogP contribution < -0.4 is 14.2 Å². The van der Waals surface area contributed by atoms with Gasteiger partial charge in [-0.2, -0.15) is 0 Å². The molecule has 0 bridgehead atoms. The molecular formula is C32H29N3O5S. The Morgan fingerprint density at radius 3 is 2.56 bits per heavy atom. The van der Waals surface area contributed by atoms with Crippen LogP contribution in [0.3, 0.4) is 0 Å². The maximum absolute atomic E-state index is 6.31. The molecule has 0 fully saturated rings. The van der Waals surface area contributed by atoms with E-state index in [0.717, 1.165) is 39.0 Å². The second-order valence-corrected chi connectivity index (χ2v) is 10.5. The van der Waals surface area contributed by atoms with Crippen LogP contribution in [0.15, 0.2) is 95.6 Å². The van der Waals surface area contributed by atoms with Crippen molar-refractivity contribution < 1.29 is 23.4 Å². The van der Waals surface area contributed by atoms with Crippen LogP contribution in [0, 0.1) is 0 Å². The van der Waals surface area contributed by atoms with Gasteiger partial charge in [-0.25, -0.2) is 9.50 Å². The average molecular weight is 568 g/mol. The van der Waals surface area contributed by atoms with E-state index in [1.807, 2.05) is 48.7 Å². The molecule has 0 saturated carbocycles. The number of nitrogens with zero attached hydrogens (tertiary/aromatic N) is 3. The van der Waals surface area contributed by atoms with Gasteiger partial charge in [-0.1, -0.05) is 61.2 Å². The third-order valence-electron chi connectivity index (χ3n) is 6.52. The highest BCUT2D eigenvalue weighted by atomic mass is 32.1. The Hall–Kier alpha value is -4.60. The van der Waals surface area contributed by atoms with E-state index in [1.165, 1.54) is 11.3 Å². The Bertz CT molecular complexity index is 1770. The summed E-state index contributed by atoms with van der Waals surface area (Å²) in [4.78, 5) is 5.36. The second-order valence-electron chi connectivity index (χ2n) is 9.59. The zero-order valence-electron chi connectivity index (χ0n) is 22.8. The fourth-order valence-electron chi connectivity index (χ4n) is 4.55. The Morgan fingerprint density at radius 2 is 1.76 bits per heavy atom. The third kappa shape index (κ3) is 6.11. The number of furan rings is 1. The molecule has 41 heavy (non-hydrogen) atoms. The largest absolute Gasteiger partial charge is 0.496 e. The number of aromatic nitrogens is 3. The molecule has 3 aromatic heterocycles. The third-order valence-corrected chi connectivity index (χ3v) is 7.40. The number of ether oxygens (including phenoxy) is 4. The Balaban J connectivity index is 1.14. The maximum atomic E-state index is 6.31. The molecule has 0 aliphatic carbocycles. The molecule has 208 valence electrons. The molecule has 0 radical (unpaired) electrons. The molecule has 0 spiro atoms. The molecule has 6 rings (SSSR count). The minimum absolute atomic E-state index is 0.386. The van der Waals surface area contributed by atoms with Gasteiger partial charge in [-0.05, 0) is 46.1 Å². The van der Waals surface area contributed by atoms with Gasteiger partial charge in [0.25, 0.3) is 5.19 Å². The van der Waals surface area contributed by atoms with Gasteiger partial charge in [0, 0.05) is 12.1 Å². The van der Waals surface area contributed by atoms with Crippen molar-refractivity contribution in [1.29, 1.82) is 0 Å².